The fraction of sp³-hybridized carbons (Fsp3) is 0.389. The lowest BCUT2D eigenvalue weighted by molar-refractivity contribution is -0.123. The number of fused-ring (bicyclic) bond motifs is 4. The van der Waals surface area contributed by atoms with Crippen molar-refractivity contribution in [1.29, 1.82) is 0 Å². The smallest absolute Gasteiger partial charge is 0.305 e. The first kappa shape index (κ1) is 16.8. The first-order chi connectivity index (χ1) is 12.5. The lowest BCUT2D eigenvalue weighted by atomic mass is 9.71. The minimum absolute atomic E-state index is 0.0987. The number of nitrogens with one attached hydrogen (secondary N) is 1. The van der Waals surface area contributed by atoms with Crippen LogP contribution >= 0.6 is 39.0 Å². The fourth-order valence-electron chi connectivity index (χ4n) is 4.67. The number of halogens is 1. The fourth-order valence-corrected chi connectivity index (χ4v) is 7.72. The third-order valence-electron chi connectivity index (χ3n) is 5.74. The molecule has 26 heavy (non-hydrogen) atoms. The number of aromatic amines is 1. The van der Waals surface area contributed by atoms with Crippen LogP contribution in [0.4, 0.5) is 5.69 Å². The van der Waals surface area contributed by atoms with Gasteiger partial charge in [0.2, 0.25) is 11.8 Å². The van der Waals surface area contributed by atoms with E-state index in [9.17, 15) is 14.4 Å². The number of nitrogens with zero attached hydrogens (tertiary/aromatic N) is 1. The van der Waals surface area contributed by atoms with E-state index in [-0.39, 0.29) is 28.0 Å². The Labute approximate surface area is 166 Å². The number of amides is 2. The summed E-state index contributed by atoms with van der Waals surface area (Å²) in [7, 11) is 0. The number of hydrogen-bond acceptors (Lipinski definition) is 5. The number of thiazole rings is 1. The first-order valence-corrected chi connectivity index (χ1v) is 11.0. The van der Waals surface area contributed by atoms with Gasteiger partial charge in [-0.15, -0.1) is 0 Å². The van der Waals surface area contributed by atoms with E-state index in [2.05, 4.69) is 20.9 Å². The van der Waals surface area contributed by atoms with Crippen molar-refractivity contribution < 1.29 is 9.59 Å². The molecule has 2 amide bonds. The highest BCUT2D eigenvalue weighted by atomic mass is 79.9. The summed E-state index contributed by atoms with van der Waals surface area (Å²) in [5.41, 5.74) is 0.245. The minimum Gasteiger partial charge on any atom is -0.307 e. The molecule has 1 aromatic heterocycles. The monoisotopic (exact) mass is 450 g/mol. The van der Waals surface area contributed by atoms with Gasteiger partial charge in [0.15, 0.2) is 0 Å². The van der Waals surface area contributed by atoms with Crippen molar-refractivity contribution in [2.75, 3.05) is 4.90 Å². The highest BCUT2D eigenvalue weighted by Crippen LogP contribution is 2.59. The molecule has 0 unspecified atom stereocenters. The summed E-state index contributed by atoms with van der Waals surface area (Å²) in [5.74, 6) is -0.676. The maximum atomic E-state index is 13.4. The van der Waals surface area contributed by atoms with Gasteiger partial charge in [-0.3, -0.25) is 14.4 Å². The van der Waals surface area contributed by atoms with E-state index in [0.29, 0.717) is 5.69 Å². The van der Waals surface area contributed by atoms with Gasteiger partial charge in [0.1, 0.15) is 5.25 Å². The van der Waals surface area contributed by atoms with Gasteiger partial charge in [-0.2, -0.15) is 0 Å². The molecule has 2 atom stereocenters. The lowest BCUT2D eigenvalue weighted by Crippen LogP contribution is -2.43. The average Bonchev–Trinajstić information content (AvgIpc) is 3.29. The molecule has 3 heterocycles. The van der Waals surface area contributed by atoms with Gasteiger partial charge in [0, 0.05) is 14.8 Å². The number of anilines is 1. The van der Waals surface area contributed by atoms with Crippen LogP contribution < -0.4 is 9.77 Å². The van der Waals surface area contributed by atoms with Crippen molar-refractivity contribution in [3.8, 4) is 0 Å². The lowest BCUT2D eigenvalue weighted by Gasteiger charge is -2.39. The molecule has 3 aliphatic rings. The van der Waals surface area contributed by atoms with Crippen molar-refractivity contribution in [2.45, 2.75) is 41.4 Å². The summed E-state index contributed by atoms with van der Waals surface area (Å²) >= 11 is 5.96. The number of rotatable bonds is 1. The maximum absolute atomic E-state index is 13.4. The number of benzene rings is 1. The van der Waals surface area contributed by atoms with Gasteiger partial charge in [-0.05, 0) is 37.1 Å². The molecule has 1 saturated heterocycles. The second-order valence-corrected chi connectivity index (χ2v) is 10.1. The normalized spacial score (nSPS) is 26.4. The van der Waals surface area contributed by atoms with Crippen molar-refractivity contribution in [3.63, 3.8) is 0 Å². The predicted octanol–water partition coefficient (Wildman–Crippen LogP) is 3.67. The highest BCUT2D eigenvalue weighted by Gasteiger charge is 2.63. The highest BCUT2D eigenvalue weighted by molar-refractivity contribution is 9.10. The standard InChI is InChI=1S/C18H15BrN2O3S2/c19-9-3-5-10(6-4-9)21-15(22)11-12(16(21)23)25-14-13(26-17(24)20-14)18(11)7-1-2-8-18/h3-6,11-12H,1-2,7-8H2,(H,20,24)/t11-,12-/m1/s1. The number of imide groups is 1. The third-order valence-corrected chi connectivity index (χ3v) is 8.77. The van der Waals surface area contributed by atoms with E-state index in [0.717, 1.165) is 40.1 Å². The Balaban J connectivity index is 1.65. The molecule has 5 nitrogen and oxygen atoms in total. The molecule has 1 spiro atoms. The number of H-pyrrole nitrogens is 1. The zero-order chi connectivity index (χ0) is 18.1. The van der Waals surface area contributed by atoms with Gasteiger partial charge in [-0.1, -0.05) is 51.9 Å². The molecule has 1 N–H and O–H groups in total. The van der Waals surface area contributed by atoms with E-state index in [1.165, 1.54) is 28.0 Å². The van der Waals surface area contributed by atoms with E-state index < -0.39 is 5.25 Å². The molecular formula is C18H15BrN2O3S2. The van der Waals surface area contributed by atoms with Crippen molar-refractivity contribution in [1.82, 2.24) is 4.98 Å². The molecule has 0 bridgehead atoms. The van der Waals surface area contributed by atoms with Gasteiger partial charge in [0.05, 0.1) is 16.6 Å². The Morgan fingerprint density at radius 1 is 1.08 bits per heavy atom. The van der Waals surface area contributed by atoms with Crippen LogP contribution in [0.3, 0.4) is 0 Å². The Kier molecular flexibility index (Phi) is 3.75. The summed E-state index contributed by atoms with van der Waals surface area (Å²) in [5, 5.41) is 0.337. The molecular weight excluding hydrogens is 436 g/mol. The second-order valence-electron chi connectivity index (χ2n) is 7.04. The predicted molar refractivity (Wildman–Crippen MR) is 105 cm³/mol. The van der Waals surface area contributed by atoms with Gasteiger partial charge >= 0.3 is 4.87 Å². The zero-order valence-corrected chi connectivity index (χ0v) is 16.9. The zero-order valence-electron chi connectivity index (χ0n) is 13.7. The SMILES string of the molecule is O=C1[C@@H]2Sc3[nH]c(=O)sc3C3(CCCC3)[C@H]2C(=O)N1c1ccc(Br)cc1. The molecule has 1 aliphatic carbocycles. The van der Waals surface area contributed by atoms with Gasteiger partial charge < -0.3 is 4.98 Å². The summed E-state index contributed by atoms with van der Waals surface area (Å²) in [6.45, 7) is 0. The molecule has 5 rings (SSSR count). The van der Waals surface area contributed by atoms with Crippen molar-refractivity contribution >= 4 is 56.5 Å². The Hall–Kier alpha value is -1.38. The molecule has 2 aromatic rings. The molecule has 134 valence electrons. The van der Waals surface area contributed by atoms with E-state index in [1.807, 2.05) is 12.1 Å². The topological polar surface area (TPSA) is 70.2 Å². The van der Waals surface area contributed by atoms with Crippen LogP contribution in [0.1, 0.15) is 30.6 Å². The van der Waals surface area contributed by atoms with E-state index >= 15 is 0 Å². The van der Waals surface area contributed by atoms with Crippen LogP contribution in [0, 0.1) is 5.92 Å². The van der Waals surface area contributed by atoms with Crippen LogP contribution in [-0.4, -0.2) is 22.0 Å². The number of hydrogen-bond donors (Lipinski definition) is 1. The minimum atomic E-state index is -0.456. The molecule has 8 heteroatoms. The Morgan fingerprint density at radius 3 is 2.46 bits per heavy atom. The third kappa shape index (κ3) is 2.18. The molecule has 2 fully saturated rings. The molecule has 1 saturated carbocycles. The van der Waals surface area contributed by atoms with Gasteiger partial charge in [0.25, 0.3) is 0 Å². The van der Waals surface area contributed by atoms with E-state index in [4.69, 9.17) is 0 Å². The largest absolute Gasteiger partial charge is 0.307 e. The number of carbonyl (C=O) groups is 2. The van der Waals surface area contributed by atoms with Crippen LogP contribution in [-0.2, 0) is 15.0 Å². The molecule has 2 aliphatic heterocycles. The van der Waals surface area contributed by atoms with Crippen LogP contribution in [0.15, 0.2) is 38.6 Å². The summed E-state index contributed by atoms with van der Waals surface area (Å²) < 4.78 is 0.902. The van der Waals surface area contributed by atoms with Crippen LogP contribution in [0.2, 0.25) is 0 Å². The number of carbonyl (C=O) groups excluding carboxylic acids is 2. The van der Waals surface area contributed by atoms with E-state index in [1.54, 1.807) is 12.1 Å². The Bertz CT molecular complexity index is 975. The molecule has 0 radical (unpaired) electrons. The summed E-state index contributed by atoms with van der Waals surface area (Å²) in [6, 6.07) is 7.26. The Morgan fingerprint density at radius 2 is 1.77 bits per heavy atom. The summed E-state index contributed by atoms with van der Waals surface area (Å²) in [6.07, 6.45) is 3.78. The summed E-state index contributed by atoms with van der Waals surface area (Å²) in [4.78, 5) is 43.7. The van der Waals surface area contributed by atoms with Crippen molar-refractivity contribution in [2.24, 2.45) is 5.92 Å². The first-order valence-electron chi connectivity index (χ1n) is 8.55. The number of thioether (sulfide) groups is 1. The quantitative estimate of drug-likeness (QED) is 0.672. The maximum Gasteiger partial charge on any atom is 0.305 e. The second kappa shape index (κ2) is 5.81. The van der Waals surface area contributed by atoms with Crippen LogP contribution in [0.5, 0.6) is 0 Å². The van der Waals surface area contributed by atoms with Crippen molar-refractivity contribution in [3.05, 3.63) is 43.3 Å². The van der Waals surface area contributed by atoms with Gasteiger partial charge in [-0.25, -0.2) is 4.90 Å². The average molecular weight is 451 g/mol. The van der Waals surface area contributed by atoms with Crippen LogP contribution in [0.25, 0.3) is 0 Å². The number of aromatic nitrogens is 1. The molecule has 1 aromatic carbocycles.